The molecule has 66 valence electrons. The number of pyridine rings is 1. The summed E-state index contributed by atoms with van der Waals surface area (Å²) >= 11 is 0. The van der Waals surface area contributed by atoms with E-state index in [2.05, 4.69) is 6.92 Å². The van der Waals surface area contributed by atoms with Crippen molar-refractivity contribution >= 4 is 0 Å². The van der Waals surface area contributed by atoms with Gasteiger partial charge in [0.15, 0.2) is 0 Å². The number of hydrogen-bond acceptors (Lipinski definition) is 1. The third kappa shape index (κ3) is 1.97. The Hall–Kier alpha value is -1.05. The maximum atomic E-state index is 11.3. The van der Waals surface area contributed by atoms with Crippen LogP contribution in [0.5, 0.6) is 0 Å². The van der Waals surface area contributed by atoms with E-state index in [1.165, 1.54) is 0 Å². The molecule has 0 unspecified atom stereocenters. The number of nitrogens with zero attached hydrogens (tertiary/aromatic N) is 1. The molecule has 0 saturated carbocycles. The first-order valence-corrected chi connectivity index (χ1v) is 4.42. The van der Waals surface area contributed by atoms with Crippen molar-refractivity contribution in [2.24, 2.45) is 0 Å². The molecule has 0 atom stereocenters. The SMILES string of the molecule is CCCCn1c(C)cccc1=O. The van der Waals surface area contributed by atoms with Gasteiger partial charge >= 0.3 is 0 Å². The third-order valence-electron chi connectivity index (χ3n) is 2.00. The predicted molar refractivity (Wildman–Crippen MR) is 50.3 cm³/mol. The van der Waals surface area contributed by atoms with Crippen molar-refractivity contribution in [1.29, 1.82) is 0 Å². The van der Waals surface area contributed by atoms with Gasteiger partial charge in [-0.15, -0.1) is 0 Å². The van der Waals surface area contributed by atoms with Crippen molar-refractivity contribution in [3.63, 3.8) is 0 Å². The molecule has 0 aliphatic heterocycles. The second-order valence-electron chi connectivity index (χ2n) is 3.01. The highest BCUT2D eigenvalue weighted by Gasteiger charge is 1.96. The molecule has 0 aliphatic rings. The van der Waals surface area contributed by atoms with Crippen LogP contribution in [0.1, 0.15) is 25.5 Å². The van der Waals surface area contributed by atoms with Crippen LogP contribution in [0, 0.1) is 6.92 Å². The van der Waals surface area contributed by atoms with Gasteiger partial charge in [0.1, 0.15) is 0 Å². The smallest absolute Gasteiger partial charge is 0.250 e. The van der Waals surface area contributed by atoms with Crippen molar-refractivity contribution in [2.75, 3.05) is 0 Å². The van der Waals surface area contributed by atoms with E-state index in [4.69, 9.17) is 0 Å². The van der Waals surface area contributed by atoms with Crippen LogP contribution < -0.4 is 5.56 Å². The Morgan fingerprint density at radius 3 is 2.75 bits per heavy atom. The monoisotopic (exact) mass is 165 g/mol. The van der Waals surface area contributed by atoms with E-state index in [9.17, 15) is 4.79 Å². The van der Waals surface area contributed by atoms with Crippen LogP contribution in [0.3, 0.4) is 0 Å². The quantitative estimate of drug-likeness (QED) is 0.671. The summed E-state index contributed by atoms with van der Waals surface area (Å²) in [5, 5.41) is 0. The minimum absolute atomic E-state index is 0.114. The van der Waals surface area contributed by atoms with Gasteiger partial charge < -0.3 is 4.57 Å². The molecule has 0 aliphatic carbocycles. The summed E-state index contributed by atoms with van der Waals surface area (Å²) in [6.07, 6.45) is 2.20. The van der Waals surface area contributed by atoms with Gasteiger partial charge in [-0.25, -0.2) is 0 Å². The molecule has 0 spiro atoms. The summed E-state index contributed by atoms with van der Waals surface area (Å²) in [5.41, 5.74) is 1.17. The lowest BCUT2D eigenvalue weighted by atomic mass is 10.3. The van der Waals surface area contributed by atoms with Gasteiger partial charge in [-0.05, 0) is 19.4 Å². The lowest BCUT2D eigenvalue weighted by Crippen LogP contribution is -2.20. The summed E-state index contributed by atoms with van der Waals surface area (Å²) < 4.78 is 1.82. The Bertz CT molecular complexity index is 301. The molecule has 2 heteroatoms. The topological polar surface area (TPSA) is 22.0 Å². The van der Waals surface area contributed by atoms with Crippen LogP contribution in [0.4, 0.5) is 0 Å². The van der Waals surface area contributed by atoms with Gasteiger partial charge in [0.2, 0.25) is 0 Å². The molecule has 0 N–H and O–H groups in total. The standard InChI is InChI=1S/C10H15NO/c1-3-4-8-11-9(2)6-5-7-10(11)12/h5-7H,3-4,8H2,1-2H3. The fourth-order valence-corrected chi connectivity index (χ4v) is 1.23. The predicted octanol–water partition coefficient (Wildman–Crippen LogP) is 1.96. The molecule has 2 nitrogen and oxygen atoms in total. The fourth-order valence-electron chi connectivity index (χ4n) is 1.23. The summed E-state index contributed by atoms with van der Waals surface area (Å²) in [5.74, 6) is 0. The number of unbranched alkanes of at least 4 members (excludes halogenated alkanes) is 1. The third-order valence-corrected chi connectivity index (χ3v) is 2.00. The van der Waals surface area contributed by atoms with Gasteiger partial charge in [-0.1, -0.05) is 19.4 Å². The van der Waals surface area contributed by atoms with E-state index in [0.717, 1.165) is 25.1 Å². The molecule has 0 aromatic carbocycles. The first kappa shape index (κ1) is 9.04. The van der Waals surface area contributed by atoms with Gasteiger partial charge in [0, 0.05) is 18.3 Å². The molecule has 0 amide bonds. The fraction of sp³-hybridized carbons (Fsp3) is 0.500. The minimum Gasteiger partial charge on any atom is -0.313 e. The number of hydrogen-bond donors (Lipinski definition) is 0. The first-order chi connectivity index (χ1) is 5.75. The van der Waals surface area contributed by atoms with E-state index in [-0.39, 0.29) is 5.56 Å². The molecule has 0 saturated heterocycles. The molecule has 1 rings (SSSR count). The lowest BCUT2D eigenvalue weighted by Gasteiger charge is -2.07. The van der Waals surface area contributed by atoms with Crippen molar-refractivity contribution < 1.29 is 0 Å². The van der Waals surface area contributed by atoms with E-state index in [1.54, 1.807) is 12.1 Å². The van der Waals surface area contributed by atoms with Gasteiger partial charge in [-0.3, -0.25) is 4.79 Å². The van der Waals surface area contributed by atoms with Crippen molar-refractivity contribution in [3.05, 3.63) is 34.2 Å². The Kier molecular flexibility index (Phi) is 3.09. The normalized spacial score (nSPS) is 10.2. The highest BCUT2D eigenvalue weighted by molar-refractivity contribution is 5.04. The van der Waals surface area contributed by atoms with Gasteiger partial charge in [-0.2, -0.15) is 0 Å². The van der Waals surface area contributed by atoms with E-state index >= 15 is 0 Å². The number of aryl methyl sites for hydroxylation is 1. The van der Waals surface area contributed by atoms with Crippen LogP contribution in [0.2, 0.25) is 0 Å². The van der Waals surface area contributed by atoms with Gasteiger partial charge in [0.05, 0.1) is 0 Å². The van der Waals surface area contributed by atoms with E-state index in [1.807, 2.05) is 17.6 Å². The van der Waals surface area contributed by atoms with Crippen molar-refractivity contribution in [3.8, 4) is 0 Å². The highest BCUT2D eigenvalue weighted by Crippen LogP contribution is 1.96. The Morgan fingerprint density at radius 2 is 2.17 bits per heavy atom. The van der Waals surface area contributed by atoms with Crippen LogP contribution in [0.25, 0.3) is 0 Å². The maximum absolute atomic E-state index is 11.3. The van der Waals surface area contributed by atoms with E-state index in [0.29, 0.717) is 0 Å². The van der Waals surface area contributed by atoms with Crippen LogP contribution in [-0.4, -0.2) is 4.57 Å². The van der Waals surface area contributed by atoms with E-state index < -0.39 is 0 Å². The maximum Gasteiger partial charge on any atom is 0.250 e. The minimum atomic E-state index is 0.114. The zero-order chi connectivity index (χ0) is 8.97. The molecule has 0 radical (unpaired) electrons. The molecular formula is C10H15NO. The molecule has 1 aromatic heterocycles. The average Bonchev–Trinajstić information content (AvgIpc) is 2.04. The summed E-state index contributed by atoms with van der Waals surface area (Å²) in [6.45, 7) is 4.95. The Labute approximate surface area is 72.8 Å². The first-order valence-electron chi connectivity index (χ1n) is 4.42. The molecule has 0 fully saturated rings. The van der Waals surface area contributed by atoms with Crippen LogP contribution in [0.15, 0.2) is 23.0 Å². The second kappa shape index (κ2) is 4.10. The van der Waals surface area contributed by atoms with Gasteiger partial charge in [0.25, 0.3) is 5.56 Å². The molecular weight excluding hydrogens is 150 g/mol. The molecule has 1 aromatic rings. The zero-order valence-electron chi connectivity index (χ0n) is 7.71. The van der Waals surface area contributed by atoms with Crippen LogP contribution >= 0.6 is 0 Å². The lowest BCUT2D eigenvalue weighted by molar-refractivity contribution is 0.599. The summed E-state index contributed by atoms with van der Waals surface area (Å²) in [6, 6.07) is 5.39. The molecule has 0 bridgehead atoms. The van der Waals surface area contributed by atoms with Crippen molar-refractivity contribution in [1.82, 2.24) is 4.57 Å². The second-order valence-corrected chi connectivity index (χ2v) is 3.01. The largest absolute Gasteiger partial charge is 0.313 e. The molecule has 12 heavy (non-hydrogen) atoms. The summed E-state index contributed by atoms with van der Waals surface area (Å²) in [7, 11) is 0. The van der Waals surface area contributed by atoms with Crippen LogP contribution in [-0.2, 0) is 6.54 Å². The zero-order valence-corrected chi connectivity index (χ0v) is 7.71. The number of rotatable bonds is 3. The summed E-state index contributed by atoms with van der Waals surface area (Å²) in [4.78, 5) is 11.3. The van der Waals surface area contributed by atoms with Crippen molar-refractivity contribution in [2.45, 2.75) is 33.2 Å². The average molecular weight is 165 g/mol. The molecule has 1 heterocycles. The number of aromatic nitrogens is 1. The Morgan fingerprint density at radius 1 is 1.42 bits per heavy atom. The highest BCUT2D eigenvalue weighted by atomic mass is 16.1. The Balaban J connectivity index is 2.89.